The van der Waals surface area contributed by atoms with Gasteiger partial charge in [0, 0.05) is 18.0 Å². The molecule has 114 valence electrons. The first-order chi connectivity index (χ1) is 10.1. The molecule has 0 bridgehead atoms. The minimum Gasteiger partial charge on any atom is -0.354 e. The van der Waals surface area contributed by atoms with Crippen molar-refractivity contribution in [3.8, 4) is 0 Å². The van der Waals surface area contributed by atoms with E-state index in [1.165, 1.54) is 31.2 Å². The first kappa shape index (κ1) is 14.6. The van der Waals surface area contributed by atoms with Crippen LogP contribution in [-0.4, -0.2) is 37.0 Å². The Morgan fingerprint density at radius 1 is 1.24 bits per heavy atom. The fourth-order valence-electron chi connectivity index (χ4n) is 3.75. The van der Waals surface area contributed by atoms with E-state index in [4.69, 9.17) is 0 Å². The number of benzene rings is 1. The standard InChI is InChI=1S/C18H26N2O/c1-20(2)18(10-6-7-11-18)13-19-17(21)16-12-15(16)14-8-4-3-5-9-14/h3-5,8-9,15-16H,6-7,10-13H2,1-2H3,(H,19,21)/t15-,16+/m0/s1. The predicted molar refractivity (Wildman–Crippen MR) is 85.2 cm³/mol. The van der Waals surface area contributed by atoms with Crippen molar-refractivity contribution in [3.63, 3.8) is 0 Å². The number of nitrogens with zero attached hydrogens (tertiary/aromatic N) is 1. The van der Waals surface area contributed by atoms with E-state index < -0.39 is 0 Å². The molecule has 0 aromatic heterocycles. The van der Waals surface area contributed by atoms with E-state index in [9.17, 15) is 4.79 Å². The van der Waals surface area contributed by atoms with E-state index in [0.29, 0.717) is 5.92 Å². The van der Waals surface area contributed by atoms with E-state index in [1.807, 2.05) is 6.07 Å². The van der Waals surface area contributed by atoms with Crippen LogP contribution in [0.1, 0.15) is 43.6 Å². The maximum Gasteiger partial charge on any atom is 0.223 e. The van der Waals surface area contributed by atoms with Gasteiger partial charge in [-0.05, 0) is 44.8 Å². The fraction of sp³-hybridized carbons (Fsp3) is 0.611. The van der Waals surface area contributed by atoms with Crippen LogP contribution in [0.25, 0.3) is 0 Å². The molecule has 3 heteroatoms. The number of amides is 1. The average Bonchev–Trinajstić information content (AvgIpc) is 3.16. The molecule has 0 radical (unpaired) electrons. The lowest BCUT2D eigenvalue weighted by molar-refractivity contribution is -0.123. The van der Waals surface area contributed by atoms with Crippen molar-refractivity contribution in [2.24, 2.45) is 5.92 Å². The van der Waals surface area contributed by atoms with Gasteiger partial charge < -0.3 is 10.2 Å². The Balaban J connectivity index is 1.54. The maximum atomic E-state index is 12.4. The molecule has 0 spiro atoms. The van der Waals surface area contributed by atoms with Crippen LogP contribution in [0.5, 0.6) is 0 Å². The SMILES string of the molecule is CN(C)C1(CNC(=O)[C@@H]2C[C@H]2c2ccccc2)CCCC1. The summed E-state index contributed by atoms with van der Waals surface area (Å²) in [6.07, 6.45) is 5.97. The van der Waals surface area contributed by atoms with Crippen molar-refractivity contribution in [2.45, 2.75) is 43.6 Å². The van der Waals surface area contributed by atoms with Gasteiger partial charge in [0.2, 0.25) is 5.91 Å². The second kappa shape index (κ2) is 5.80. The molecule has 2 atom stereocenters. The summed E-state index contributed by atoms with van der Waals surface area (Å²) < 4.78 is 0. The van der Waals surface area contributed by atoms with Crippen molar-refractivity contribution in [2.75, 3.05) is 20.6 Å². The van der Waals surface area contributed by atoms with E-state index in [2.05, 4.69) is 48.6 Å². The van der Waals surface area contributed by atoms with E-state index >= 15 is 0 Å². The summed E-state index contributed by atoms with van der Waals surface area (Å²) in [4.78, 5) is 14.7. The third-order valence-electron chi connectivity index (χ3n) is 5.43. The quantitative estimate of drug-likeness (QED) is 0.902. The van der Waals surface area contributed by atoms with E-state index in [1.54, 1.807) is 0 Å². The van der Waals surface area contributed by atoms with Gasteiger partial charge in [-0.15, -0.1) is 0 Å². The van der Waals surface area contributed by atoms with Crippen LogP contribution >= 0.6 is 0 Å². The van der Waals surface area contributed by atoms with Gasteiger partial charge in [0.25, 0.3) is 0 Å². The maximum absolute atomic E-state index is 12.4. The summed E-state index contributed by atoms with van der Waals surface area (Å²) in [5, 5.41) is 3.23. The van der Waals surface area contributed by atoms with Gasteiger partial charge in [0.1, 0.15) is 0 Å². The highest BCUT2D eigenvalue weighted by molar-refractivity contribution is 5.83. The van der Waals surface area contributed by atoms with Gasteiger partial charge in [-0.2, -0.15) is 0 Å². The molecule has 3 nitrogen and oxygen atoms in total. The molecule has 1 amide bonds. The average molecular weight is 286 g/mol. The lowest BCUT2D eigenvalue weighted by Gasteiger charge is -2.36. The predicted octanol–water partition coefficient (Wildman–Crippen LogP) is 2.78. The summed E-state index contributed by atoms with van der Waals surface area (Å²) >= 11 is 0. The van der Waals surface area contributed by atoms with Gasteiger partial charge in [0.15, 0.2) is 0 Å². The molecule has 21 heavy (non-hydrogen) atoms. The van der Waals surface area contributed by atoms with Crippen LogP contribution in [0, 0.1) is 5.92 Å². The molecule has 0 unspecified atom stereocenters. The van der Waals surface area contributed by atoms with Crippen LogP contribution in [0.15, 0.2) is 30.3 Å². The number of likely N-dealkylation sites (N-methyl/N-ethyl adjacent to an activating group) is 1. The number of rotatable bonds is 5. The minimum absolute atomic E-state index is 0.187. The number of carbonyl (C=O) groups is 1. The van der Waals surface area contributed by atoms with Crippen LogP contribution in [0.2, 0.25) is 0 Å². The molecule has 1 aromatic carbocycles. The molecule has 1 N–H and O–H groups in total. The van der Waals surface area contributed by atoms with Crippen LogP contribution in [0.3, 0.4) is 0 Å². The Hall–Kier alpha value is -1.35. The third-order valence-corrected chi connectivity index (χ3v) is 5.43. The zero-order chi connectivity index (χ0) is 14.9. The molecule has 1 aromatic rings. The van der Waals surface area contributed by atoms with E-state index in [0.717, 1.165) is 13.0 Å². The molecule has 2 saturated carbocycles. The van der Waals surface area contributed by atoms with Crippen LogP contribution < -0.4 is 5.32 Å². The smallest absolute Gasteiger partial charge is 0.223 e. The summed E-state index contributed by atoms with van der Waals surface area (Å²) in [6, 6.07) is 10.4. The van der Waals surface area contributed by atoms with Crippen molar-refractivity contribution in [1.29, 1.82) is 0 Å². The van der Waals surface area contributed by atoms with Gasteiger partial charge in [-0.3, -0.25) is 4.79 Å². The van der Waals surface area contributed by atoms with Crippen LogP contribution in [0.4, 0.5) is 0 Å². The second-order valence-electron chi connectivity index (χ2n) is 6.90. The Labute approximate surface area is 127 Å². The summed E-state index contributed by atoms with van der Waals surface area (Å²) in [5.74, 6) is 0.870. The highest BCUT2D eigenvalue weighted by Gasteiger charge is 2.45. The third kappa shape index (κ3) is 2.98. The molecule has 2 aliphatic rings. The minimum atomic E-state index is 0.187. The molecule has 3 rings (SSSR count). The number of hydrogen-bond donors (Lipinski definition) is 1. The van der Waals surface area contributed by atoms with Gasteiger partial charge >= 0.3 is 0 Å². The Morgan fingerprint density at radius 3 is 2.52 bits per heavy atom. The summed E-state index contributed by atoms with van der Waals surface area (Å²) in [7, 11) is 4.28. The normalized spacial score (nSPS) is 26.8. The van der Waals surface area contributed by atoms with E-state index in [-0.39, 0.29) is 17.4 Å². The Morgan fingerprint density at radius 2 is 1.90 bits per heavy atom. The van der Waals surface area contributed by atoms with Gasteiger partial charge in [-0.25, -0.2) is 0 Å². The Bertz CT molecular complexity index is 491. The topological polar surface area (TPSA) is 32.3 Å². The van der Waals surface area contributed by atoms with Crippen molar-refractivity contribution in [1.82, 2.24) is 10.2 Å². The zero-order valence-electron chi connectivity index (χ0n) is 13.1. The fourth-order valence-corrected chi connectivity index (χ4v) is 3.75. The monoisotopic (exact) mass is 286 g/mol. The number of carbonyl (C=O) groups excluding carboxylic acids is 1. The van der Waals surface area contributed by atoms with Gasteiger partial charge in [-0.1, -0.05) is 43.2 Å². The number of hydrogen-bond acceptors (Lipinski definition) is 2. The molecule has 2 fully saturated rings. The molecular formula is C18H26N2O. The molecule has 2 aliphatic carbocycles. The lowest BCUT2D eigenvalue weighted by atomic mass is 9.96. The first-order valence-electron chi connectivity index (χ1n) is 8.12. The highest BCUT2D eigenvalue weighted by atomic mass is 16.2. The molecule has 0 heterocycles. The molecule has 0 saturated heterocycles. The highest BCUT2D eigenvalue weighted by Crippen LogP contribution is 2.47. The Kier molecular flexibility index (Phi) is 4.03. The summed E-state index contributed by atoms with van der Waals surface area (Å²) in [5.41, 5.74) is 1.49. The number of nitrogens with one attached hydrogen (secondary N) is 1. The second-order valence-corrected chi connectivity index (χ2v) is 6.90. The largest absolute Gasteiger partial charge is 0.354 e. The van der Waals surface area contributed by atoms with Gasteiger partial charge in [0.05, 0.1) is 0 Å². The molecular weight excluding hydrogens is 260 g/mol. The van der Waals surface area contributed by atoms with Crippen LogP contribution in [-0.2, 0) is 4.79 Å². The lowest BCUT2D eigenvalue weighted by Crippen LogP contribution is -2.51. The van der Waals surface area contributed by atoms with Crippen molar-refractivity contribution < 1.29 is 4.79 Å². The van der Waals surface area contributed by atoms with Crippen molar-refractivity contribution in [3.05, 3.63) is 35.9 Å². The van der Waals surface area contributed by atoms with Crippen molar-refractivity contribution >= 4 is 5.91 Å². The molecule has 0 aliphatic heterocycles. The first-order valence-corrected chi connectivity index (χ1v) is 8.12. The zero-order valence-corrected chi connectivity index (χ0v) is 13.1. The summed E-state index contributed by atoms with van der Waals surface area (Å²) in [6.45, 7) is 0.802.